The molecule has 0 aliphatic carbocycles. The van der Waals surface area contributed by atoms with E-state index in [9.17, 15) is 13.2 Å². The van der Waals surface area contributed by atoms with Crippen molar-refractivity contribution in [3.63, 3.8) is 0 Å². The fraction of sp³-hybridized carbons (Fsp3) is 0.533. The molecule has 5 nitrogen and oxygen atoms in total. The van der Waals surface area contributed by atoms with Crippen molar-refractivity contribution in [3.05, 3.63) is 35.4 Å². The normalized spacial score (nSPS) is 19.2. The van der Waals surface area contributed by atoms with Gasteiger partial charge in [-0.1, -0.05) is 12.1 Å². The lowest BCUT2D eigenvalue weighted by atomic mass is 10.1. The van der Waals surface area contributed by atoms with Gasteiger partial charge in [0.1, 0.15) is 0 Å². The molecule has 0 saturated carbocycles. The quantitative estimate of drug-likeness (QED) is 0.835. The molecule has 0 amide bonds. The van der Waals surface area contributed by atoms with E-state index < -0.39 is 15.8 Å². The number of hydrogen-bond donors (Lipinski definition) is 1. The van der Waals surface area contributed by atoms with Crippen molar-refractivity contribution in [2.24, 2.45) is 0 Å². The van der Waals surface area contributed by atoms with Gasteiger partial charge in [0.25, 0.3) is 0 Å². The lowest BCUT2D eigenvalue weighted by Gasteiger charge is -2.22. The third-order valence-electron chi connectivity index (χ3n) is 3.57. The second-order valence-corrected chi connectivity index (χ2v) is 7.48. The first-order valence-corrected chi connectivity index (χ1v) is 8.93. The van der Waals surface area contributed by atoms with E-state index in [2.05, 4.69) is 5.32 Å². The molecule has 1 fully saturated rings. The molecule has 0 bridgehead atoms. The molecule has 1 aliphatic rings. The Bertz CT molecular complexity index is 591. The number of ether oxygens (including phenoxy) is 1. The predicted molar refractivity (Wildman–Crippen MR) is 80.9 cm³/mol. The van der Waals surface area contributed by atoms with Gasteiger partial charge in [-0.15, -0.1) is 0 Å². The number of hydrogen-bond acceptors (Lipinski definition) is 5. The third-order valence-corrected chi connectivity index (χ3v) is 5.72. The zero-order valence-electron chi connectivity index (χ0n) is 12.2. The van der Waals surface area contributed by atoms with Crippen LogP contribution in [0, 0.1) is 0 Å². The van der Waals surface area contributed by atoms with Gasteiger partial charge in [0.05, 0.1) is 23.2 Å². The van der Waals surface area contributed by atoms with Crippen LogP contribution in [-0.4, -0.2) is 39.3 Å². The summed E-state index contributed by atoms with van der Waals surface area (Å²) in [5, 5.41) is 2.78. The topological polar surface area (TPSA) is 72.5 Å². The SMILES string of the molecule is CCOC(=O)c1cccc(CS(=O)(=O)C2CCCNC2)c1. The summed E-state index contributed by atoms with van der Waals surface area (Å²) < 4.78 is 29.7. The van der Waals surface area contributed by atoms with Crippen molar-refractivity contribution < 1.29 is 17.9 Å². The second-order valence-electron chi connectivity index (χ2n) is 5.20. The van der Waals surface area contributed by atoms with Gasteiger partial charge < -0.3 is 10.1 Å². The molecule has 21 heavy (non-hydrogen) atoms. The maximum atomic E-state index is 12.4. The molecular formula is C15H21NO4S. The Balaban J connectivity index is 2.11. The van der Waals surface area contributed by atoms with Crippen LogP contribution in [0.4, 0.5) is 0 Å². The van der Waals surface area contributed by atoms with Gasteiger partial charge in [-0.2, -0.15) is 0 Å². The summed E-state index contributed by atoms with van der Waals surface area (Å²) in [5.74, 6) is -0.455. The van der Waals surface area contributed by atoms with E-state index in [4.69, 9.17) is 4.74 Å². The van der Waals surface area contributed by atoms with Gasteiger partial charge in [-0.25, -0.2) is 13.2 Å². The Morgan fingerprint density at radius 3 is 2.90 bits per heavy atom. The number of nitrogens with one attached hydrogen (secondary N) is 1. The molecule has 116 valence electrons. The van der Waals surface area contributed by atoms with Gasteiger partial charge in [0.15, 0.2) is 9.84 Å². The summed E-state index contributed by atoms with van der Waals surface area (Å²) in [7, 11) is -3.21. The van der Waals surface area contributed by atoms with Gasteiger partial charge in [-0.05, 0) is 44.0 Å². The van der Waals surface area contributed by atoms with Crippen LogP contribution in [0.15, 0.2) is 24.3 Å². The Labute approximate surface area is 125 Å². The van der Waals surface area contributed by atoms with E-state index in [1.165, 1.54) is 0 Å². The van der Waals surface area contributed by atoms with Crippen molar-refractivity contribution in [1.29, 1.82) is 0 Å². The zero-order chi connectivity index (χ0) is 15.3. The first kappa shape index (κ1) is 16.0. The number of carbonyl (C=O) groups excluding carboxylic acids is 1. The van der Waals surface area contributed by atoms with Crippen LogP contribution in [-0.2, 0) is 20.3 Å². The number of piperidine rings is 1. The molecule has 1 aromatic rings. The Morgan fingerprint density at radius 2 is 2.24 bits per heavy atom. The molecule has 1 atom stereocenters. The summed E-state index contributed by atoms with van der Waals surface area (Å²) in [5.41, 5.74) is 1.03. The molecule has 1 heterocycles. The second kappa shape index (κ2) is 7.04. The fourth-order valence-corrected chi connectivity index (χ4v) is 4.26. The van der Waals surface area contributed by atoms with Crippen LogP contribution in [0.2, 0.25) is 0 Å². The minimum absolute atomic E-state index is 0.0351. The van der Waals surface area contributed by atoms with Crippen molar-refractivity contribution in [2.45, 2.75) is 30.8 Å². The summed E-state index contributed by atoms with van der Waals surface area (Å²) >= 11 is 0. The molecule has 1 unspecified atom stereocenters. The van der Waals surface area contributed by atoms with Gasteiger partial charge in [-0.3, -0.25) is 0 Å². The van der Waals surface area contributed by atoms with Crippen molar-refractivity contribution in [1.82, 2.24) is 5.32 Å². The van der Waals surface area contributed by atoms with Crippen LogP contribution in [0.1, 0.15) is 35.7 Å². The van der Waals surface area contributed by atoms with Crippen LogP contribution in [0.25, 0.3) is 0 Å². The highest BCUT2D eigenvalue weighted by atomic mass is 32.2. The average molecular weight is 311 g/mol. The number of sulfone groups is 1. The summed E-state index contributed by atoms with van der Waals surface area (Å²) in [6.45, 7) is 3.43. The predicted octanol–water partition coefficient (Wildman–Crippen LogP) is 1.53. The Kier molecular flexibility index (Phi) is 5.36. The average Bonchev–Trinajstić information content (AvgIpc) is 2.48. The summed E-state index contributed by atoms with van der Waals surface area (Å²) in [6, 6.07) is 6.66. The largest absolute Gasteiger partial charge is 0.462 e. The maximum absolute atomic E-state index is 12.4. The maximum Gasteiger partial charge on any atom is 0.338 e. The third kappa shape index (κ3) is 4.28. The van der Waals surface area contributed by atoms with E-state index in [1.807, 2.05) is 0 Å². The molecule has 1 aromatic carbocycles. The molecule has 0 radical (unpaired) electrons. The molecule has 0 spiro atoms. The van der Waals surface area contributed by atoms with Crippen molar-refractivity contribution in [2.75, 3.05) is 19.7 Å². The molecular weight excluding hydrogens is 290 g/mol. The smallest absolute Gasteiger partial charge is 0.338 e. The summed E-state index contributed by atoms with van der Waals surface area (Å²) in [6.07, 6.45) is 1.58. The minimum atomic E-state index is -3.21. The van der Waals surface area contributed by atoms with E-state index >= 15 is 0 Å². The number of rotatable bonds is 5. The molecule has 1 aliphatic heterocycles. The van der Waals surface area contributed by atoms with E-state index in [1.54, 1.807) is 31.2 Å². The standard InChI is InChI=1S/C15H21NO4S/c1-2-20-15(17)13-6-3-5-12(9-13)11-21(18,19)14-7-4-8-16-10-14/h3,5-6,9,14,16H,2,4,7-8,10-11H2,1H3. The van der Waals surface area contributed by atoms with Crippen molar-refractivity contribution in [3.8, 4) is 0 Å². The van der Waals surface area contributed by atoms with Gasteiger partial charge >= 0.3 is 5.97 Å². The first-order valence-electron chi connectivity index (χ1n) is 7.21. The first-order chi connectivity index (χ1) is 10.0. The highest BCUT2D eigenvalue weighted by Crippen LogP contribution is 2.18. The Hall–Kier alpha value is -1.40. The van der Waals surface area contributed by atoms with E-state index in [0.717, 1.165) is 13.0 Å². The monoisotopic (exact) mass is 311 g/mol. The highest BCUT2D eigenvalue weighted by Gasteiger charge is 2.27. The molecule has 0 aromatic heterocycles. The summed E-state index contributed by atoms with van der Waals surface area (Å²) in [4.78, 5) is 11.7. The van der Waals surface area contributed by atoms with Crippen molar-refractivity contribution >= 4 is 15.8 Å². The van der Waals surface area contributed by atoms with Crippen LogP contribution < -0.4 is 5.32 Å². The van der Waals surface area contributed by atoms with E-state index in [-0.39, 0.29) is 11.0 Å². The zero-order valence-corrected chi connectivity index (χ0v) is 13.0. The molecule has 1 saturated heterocycles. The lowest BCUT2D eigenvalue weighted by Crippen LogP contribution is -2.39. The lowest BCUT2D eigenvalue weighted by molar-refractivity contribution is 0.0526. The van der Waals surface area contributed by atoms with Crippen LogP contribution >= 0.6 is 0 Å². The Morgan fingerprint density at radius 1 is 1.43 bits per heavy atom. The molecule has 1 N–H and O–H groups in total. The number of esters is 1. The minimum Gasteiger partial charge on any atom is -0.462 e. The number of carbonyl (C=O) groups is 1. The van der Waals surface area contributed by atoms with E-state index in [0.29, 0.717) is 30.7 Å². The molecule has 2 rings (SSSR count). The molecule has 6 heteroatoms. The fourth-order valence-electron chi connectivity index (χ4n) is 2.48. The number of benzene rings is 1. The highest BCUT2D eigenvalue weighted by molar-refractivity contribution is 7.91. The van der Waals surface area contributed by atoms with Gasteiger partial charge in [0, 0.05) is 6.54 Å². The van der Waals surface area contributed by atoms with Crippen LogP contribution in [0.3, 0.4) is 0 Å². The van der Waals surface area contributed by atoms with Crippen LogP contribution in [0.5, 0.6) is 0 Å². The van der Waals surface area contributed by atoms with Gasteiger partial charge in [0.2, 0.25) is 0 Å².